The molecule has 1 rings (SSSR count). The van der Waals surface area contributed by atoms with Crippen LogP contribution in [0.4, 0.5) is 0 Å². The number of ether oxygens (including phenoxy) is 1. The Hall–Kier alpha value is -0.390. The normalized spacial score (nSPS) is 13.0. The lowest BCUT2D eigenvalue weighted by Crippen LogP contribution is -2.27. The highest BCUT2D eigenvalue weighted by atomic mass is 79.9. The van der Waals surface area contributed by atoms with E-state index in [1.54, 1.807) is 0 Å². The molecule has 0 aliphatic rings. The molecule has 17 heavy (non-hydrogen) atoms. The lowest BCUT2D eigenvalue weighted by Gasteiger charge is -2.13. The minimum absolute atomic E-state index is 0.248. The second-order valence-electron chi connectivity index (χ2n) is 4.06. The minimum atomic E-state index is 0.248. The average Bonchev–Trinajstić information content (AvgIpc) is 2.57. The van der Waals surface area contributed by atoms with Crippen LogP contribution in [0, 0.1) is 6.92 Å². The molecule has 0 spiro atoms. The zero-order valence-electron chi connectivity index (χ0n) is 11.1. The van der Waals surface area contributed by atoms with Gasteiger partial charge in [0, 0.05) is 26.2 Å². The third-order valence-electron chi connectivity index (χ3n) is 2.63. The summed E-state index contributed by atoms with van der Waals surface area (Å²) in [6.07, 6.45) is 0.248. The van der Waals surface area contributed by atoms with Gasteiger partial charge in [-0.1, -0.05) is 0 Å². The first-order chi connectivity index (χ1) is 8.10. The molecule has 0 fully saturated rings. The van der Waals surface area contributed by atoms with Gasteiger partial charge in [-0.2, -0.15) is 5.10 Å². The Balaban J connectivity index is 2.51. The van der Waals surface area contributed by atoms with Crippen molar-refractivity contribution in [2.24, 2.45) is 0 Å². The number of nitrogens with one attached hydrogen (secondary N) is 1. The second kappa shape index (κ2) is 7.13. The Morgan fingerprint density at radius 3 is 2.76 bits per heavy atom. The van der Waals surface area contributed by atoms with E-state index in [-0.39, 0.29) is 6.10 Å². The standard InChI is InChI=1S/C12H22BrN3O/c1-5-16-11(12(13)10(4)15-16)8-14-7-9(3)17-6-2/h9,14H,5-8H2,1-4H3. The SMILES string of the molecule is CCOC(C)CNCc1c(Br)c(C)nn1CC. The maximum atomic E-state index is 5.48. The zero-order chi connectivity index (χ0) is 12.8. The average molecular weight is 304 g/mol. The van der Waals surface area contributed by atoms with Crippen LogP contribution in [-0.2, 0) is 17.8 Å². The van der Waals surface area contributed by atoms with Gasteiger partial charge in [-0.05, 0) is 43.6 Å². The third kappa shape index (κ3) is 4.08. The van der Waals surface area contributed by atoms with Crippen molar-refractivity contribution in [3.05, 3.63) is 15.9 Å². The molecule has 0 aliphatic heterocycles. The van der Waals surface area contributed by atoms with E-state index in [1.165, 1.54) is 5.69 Å². The molecule has 1 N–H and O–H groups in total. The zero-order valence-corrected chi connectivity index (χ0v) is 12.7. The summed E-state index contributed by atoms with van der Waals surface area (Å²) in [5.74, 6) is 0. The predicted molar refractivity (Wildman–Crippen MR) is 73.1 cm³/mol. The molecular weight excluding hydrogens is 282 g/mol. The molecular formula is C12H22BrN3O. The largest absolute Gasteiger partial charge is 0.377 e. The molecule has 4 nitrogen and oxygen atoms in total. The highest BCUT2D eigenvalue weighted by Gasteiger charge is 2.11. The lowest BCUT2D eigenvalue weighted by molar-refractivity contribution is 0.0758. The quantitative estimate of drug-likeness (QED) is 0.841. The molecule has 1 atom stereocenters. The molecule has 0 aromatic carbocycles. The maximum Gasteiger partial charge on any atom is 0.0739 e. The summed E-state index contributed by atoms with van der Waals surface area (Å²) < 4.78 is 8.61. The van der Waals surface area contributed by atoms with Crippen LogP contribution >= 0.6 is 15.9 Å². The fourth-order valence-corrected chi connectivity index (χ4v) is 2.20. The van der Waals surface area contributed by atoms with Gasteiger partial charge in [0.15, 0.2) is 0 Å². The van der Waals surface area contributed by atoms with Gasteiger partial charge in [0.1, 0.15) is 0 Å². The fourth-order valence-electron chi connectivity index (χ4n) is 1.78. The van der Waals surface area contributed by atoms with Crippen LogP contribution < -0.4 is 5.32 Å². The van der Waals surface area contributed by atoms with Gasteiger partial charge >= 0.3 is 0 Å². The lowest BCUT2D eigenvalue weighted by atomic mass is 10.3. The van der Waals surface area contributed by atoms with Gasteiger partial charge in [-0.25, -0.2) is 0 Å². The predicted octanol–water partition coefficient (Wildman–Crippen LogP) is 2.49. The van der Waals surface area contributed by atoms with Gasteiger partial charge in [0.05, 0.1) is 22.0 Å². The molecule has 1 heterocycles. The fraction of sp³-hybridized carbons (Fsp3) is 0.750. The van der Waals surface area contributed by atoms with Gasteiger partial charge in [-0.15, -0.1) is 0 Å². The number of halogens is 1. The van der Waals surface area contributed by atoms with E-state index in [9.17, 15) is 0 Å². The van der Waals surface area contributed by atoms with Gasteiger partial charge in [0.25, 0.3) is 0 Å². The van der Waals surface area contributed by atoms with Gasteiger partial charge in [-0.3, -0.25) is 4.68 Å². The number of aryl methyl sites for hydroxylation is 2. The molecule has 0 aliphatic carbocycles. The Kier molecular flexibility index (Phi) is 6.16. The third-order valence-corrected chi connectivity index (χ3v) is 3.66. The highest BCUT2D eigenvalue weighted by molar-refractivity contribution is 9.10. The Morgan fingerprint density at radius 1 is 1.47 bits per heavy atom. The van der Waals surface area contributed by atoms with Crippen LogP contribution in [0.15, 0.2) is 4.47 Å². The van der Waals surface area contributed by atoms with Crippen LogP contribution in [-0.4, -0.2) is 29.0 Å². The molecule has 98 valence electrons. The van der Waals surface area contributed by atoms with Crippen molar-refractivity contribution in [3.8, 4) is 0 Å². The monoisotopic (exact) mass is 303 g/mol. The summed E-state index contributed by atoms with van der Waals surface area (Å²) in [5, 5.41) is 7.86. The number of aromatic nitrogens is 2. The van der Waals surface area contributed by atoms with E-state index in [4.69, 9.17) is 4.74 Å². The first-order valence-electron chi connectivity index (χ1n) is 6.14. The Labute approximate surface area is 112 Å². The van der Waals surface area contributed by atoms with Crippen molar-refractivity contribution >= 4 is 15.9 Å². The number of nitrogens with zero attached hydrogens (tertiary/aromatic N) is 2. The summed E-state index contributed by atoms with van der Waals surface area (Å²) in [6, 6.07) is 0. The van der Waals surface area contributed by atoms with Crippen molar-refractivity contribution in [2.45, 2.75) is 46.9 Å². The molecule has 1 aromatic heterocycles. The van der Waals surface area contributed by atoms with Crippen LogP contribution in [0.5, 0.6) is 0 Å². The van der Waals surface area contributed by atoms with Crippen molar-refractivity contribution in [1.29, 1.82) is 0 Å². The summed E-state index contributed by atoms with van der Waals surface area (Å²) in [5.41, 5.74) is 2.25. The van der Waals surface area contributed by atoms with Crippen LogP contribution in [0.25, 0.3) is 0 Å². The molecule has 5 heteroatoms. The minimum Gasteiger partial charge on any atom is -0.377 e. The Bertz CT molecular complexity index is 352. The number of rotatable bonds is 7. The molecule has 0 saturated carbocycles. The van der Waals surface area contributed by atoms with Crippen molar-refractivity contribution in [2.75, 3.05) is 13.2 Å². The number of hydrogen-bond donors (Lipinski definition) is 1. The van der Waals surface area contributed by atoms with Crippen molar-refractivity contribution in [3.63, 3.8) is 0 Å². The first-order valence-corrected chi connectivity index (χ1v) is 6.93. The molecule has 1 aromatic rings. The maximum absolute atomic E-state index is 5.48. The summed E-state index contributed by atoms with van der Waals surface area (Å²) in [4.78, 5) is 0. The Morgan fingerprint density at radius 2 is 2.18 bits per heavy atom. The summed E-state index contributed by atoms with van der Waals surface area (Å²) in [6.45, 7) is 11.5. The summed E-state index contributed by atoms with van der Waals surface area (Å²) >= 11 is 3.59. The van der Waals surface area contributed by atoms with Gasteiger partial charge < -0.3 is 10.1 Å². The van der Waals surface area contributed by atoms with Crippen molar-refractivity contribution < 1.29 is 4.74 Å². The smallest absolute Gasteiger partial charge is 0.0739 e. The summed E-state index contributed by atoms with van der Waals surface area (Å²) in [7, 11) is 0. The first kappa shape index (κ1) is 14.7. The second-order valence-corrected chi connectivity index (χ2v) is 4.85. The van der Waals surface area contributed by atoms with Crippen molar-refractivity contribution in [1.82, 2.24) is 15.1 Å². The van der Waals surface area contributed by atoms with E-state index in [2.05, 4.69) is 40.2 Å². The van der Waals surface area contributed by atoms with E-state index < -0.39 is 0 Å². The highest BCUT2D eigenvalue weighted by Crippen LogP contribution is 2.20. The molecule has 1 unspecified atom stereocenters. The molecule has 0 amide bonds. The number of hydrogen-bond acceptors (Lipinski definition) is 3. The van der Waals surface area contributed by atoms with E-state index in [0.29, 0.717) is 0 Å². The van der Waals surface area contributed by atoms with E-state index in [1.807, 2.05) is 18.5 Å². The van der Waals surface area contributed by atoms with Crippen LogP contribution in [0.2, 0.25) is 0 Å². The van der Waals surface area contributed by atoms with Crippen LogP contribution in [0.3, 0.4) is 0 Å². The van der Waals surface area contributed by atoms with E-state index in [0.717, 1.165) is 36.4 Å². The topological polar surface area (TPSA) is 39.1 Å². The molecule has 0 bridgehead atoms. The molecule has 0 radical (unpaired) electrons. The van der Waals surface area contributed by atoms with Crippen LogP contribution in [0.1, 0.15) is 32.2 Å². The van der Waals surface area contributed by atoms with E-state index >= 15 is 0 Å². The van der Waals surface area contributed by atoms with Gasteiger partial charge in [0.2, 0.25) is 0 Å². The molecule has 0 saturated heterocycles.